The molecule has 1 heterocycles. The van der Waals surface area contributed by atoms with Crippen LogP contribution < -0.4 is 35.6 Å². The Morgan fingerprint density at radius 2 is 1.66 bits per heavy atom. The second-order valence-corrected chi connectivity index (χ2v) is 13.0. The zero-order valence-electron chi connectivity index (χ0n) is 29.0. The van der Waals surface area contributed by atoms with Gasteiger partial charge in [0.15, 0.2) is 22.3 Å². The smallest absolute Gasteiger partial charge is 0.358 e. The van der Waals surface area contributed by atoms with E-state index in [2.05, 4.69) is 20.9 Å². The number of nitrogens with one attached hydrogen (secondary N) is 3. The zero-order chi connectivity index (χ0) is 36.1. The Morgan fingerprint density at radius 3 is 2.28 bits per heavy atom. The first-order chi connectivity index (χ1) is 24.0. The second-order valence-electron chi connectivity index (χ2n) is 12.0. The predicted molar refractivity (Wildman–Crippen MR) is 192 cm³/mol. The quantitative estimate of drug-likeness (QED) is 0.163. The number of esters is 1. The molecule has 3 aromatic carbocycles. The van der Waals surface area contributed by atoms with Crippen molar-refractivity contribution in [2.75, 3.05) is 39.1 Å². The van der Waals surface area contributed by atoms with Gasteiger partial charge in [0, 0.05) is 12.5 Å². The molecule has 1 aliphatic carbocycles. The fraction of sp³-hybridized carbons (Fsp3) is 0.324. The van der Waals surface area contributed by atoms with Gasteiger partial charge in [-0.05, 0) is 59.2 Å². The summed E-state index contributed by atoms with van der Waals surface area (Å²) >= 11 is 1.15. The molecule has 0 aliphatic heterocycles. The number of carbonyl (C=O) groups is 3. The molecule has 13 heteroatoms. The van der Waals surface area contributed by atoms with Crippen LogP contribution in [0.15, 0.2) is 59.4 Å². The molecular formula is C37H40N4O8S. The maximum absolute atomic E-state index is 13.9. The van der Waals surface area contributed by atoms with Crippen LogP contribution in [0.4, 0.5) is 10.8 Å². The molecule has 0 bridgehead atoms. The third-order valence-electron chi connectivity index (χ3n) is 8.45. The van der Waals surface area contributed by atoms with Crippen molar-refractivity contribution in [1.29, 1.82) is 0 Å². The van der Waals surface area contributed by atoms with Crippen LogP contribution in [0.1, 0.15) is 54.8 Å². The standard InChI is InChI=1S/C37H40N4O8S/c1-19(2)30(35(44)41-37-40-31(36(45)49-7)34(50-37)21-11-9-8-10-12-21)39-26-16-14-23-24(18-27(26)43)25(38-20(3)42)15-13-22-17-28(46-4)32(47-5)33(48-6)29(22)23/h8-12,14,16-19,25,30H,13,15H2,1-7H3,(H,38,42)(H,39,43)(H,40,41,44)/t25-,30+/m1/s1. The van der Waals surface area contributed by atoms with Gasteiger partial charge in [-0.25, -0.2) is 9.78 Å². The van der Waals surface area contributed by atoms with Gasteiger partial charge in [0.1, 0.15) is 6.04 Å². The van der Waals surface area contributed by atoms with Gasteiger partial charge < -0.3 is 34.9 Å². The minimum Gasteiger partial charge on any atom is -0.493 e. The Hall–Kier alpha value is -5.43. The lowest BCUT2D eigenvalue weighted by molar-refractivity contribution is -0.120. The zero-order valence-corrected chi connectivity index (χ0v) is 29.8. The van der Waals surface area contributed by atoms with E-state index in [9.17, 15) is 19.2 Å². The molecule has 50 heavy (non-hydrogen) atoms. The molecule has 0 fully saturated rings. The number of hydrogen-bond donors (Lipinski definition) is 3. The number of carbonyl (C=O) groups excluding carboxylic acids is 3. The van der Waals surface area contributed by atoms with Crippen LogP contribution in [-0.4, -0.2) is 57.2 Å². The van der Waals surface area contributed by atoms with Crippen LogP contribution in [0.3, 0.4) is 0 Å². The van der Waals surface area contributed by atoms with Crippen molar-refractivity contribution in [3.05, 3.63) is 81.6 Å². The van der Waals surface area contributed by atoms with E-state index in [1.165, 1.54) is 34.3 Å². The predicted octanol–water partition coefficient (Wildman–Crippen LogP) is 5.85. The molecule has 4 aromatic rings. The lowest BCUT2D eigenvalue weighted by atomic mass is 9.95. The number of aryl methyl sites for hydroxylation is 1. The van der Waals surface area contributed by atoms with Crippen LogP contribution in [0.2, 0.25) is 0 Å². The summed E-state index contributed by atoms with van der Waals surface area (Å²) < 4.78 is 22.1. The maximum atomic E-state index is 13.9. The topological polar surface area (TPSA) is 154 Å². The molecule has 5 rings (SSSR count). The highest BCUT2D eigenvalue weighted by Gasteiger charge is 2.31. The minimum atomic E-state index is -0.868. The number of hydrogen-bond acceptors (Lipinski definition) is 11. The van der Waals surface area contributed by atoms with Crippen molar-refractivity contribution < 1.29 is 33.3 Å². The Balaban J connectivity index is 1.56. The Labute approximate surface area is 294 Å². The van der Waals surface area contributed by atoms with Gasteiger partial charge in [-0.2, -0.15) is 0 Å². The monoisotopic (exact) mass is 700 g/mol. The first-order valence-corrected chi connectivity index (χ1v) is 16.8. The number of aromatic nitrogens is 1. The third-order valence-corrected chi connectivity index (χ3v) is 9.47. The van der Waals surface area contributed by atoms with Gasteiger partial charge >= 0.3 is 5.97 Å². The number of anilines is 2. The van der Waals surface area contributed by atoms with E-state index in [-0.39, 0.29) is 33.8 Å². The summed E-state index contributed by atoms with van der Waals surface area (Å²) in [5.74, 6) is -0.253. The van der Waals surface area contributed by atoms with E-state index in [4.69, 9.17) is 18.9 Å². The molecule has 12 nitrogen and oxygen atoms in total. The summed E-state index contributed by atoms with van der Waals surface area (Å²) in [7, 11) is 5.88. The number of nitrogens with zero attached hydrogens (tertiary/aromatic N) is 1. The van der Waals surface area contributed by atoms with E-state index < -0.39 is 24.0 Å². The van der Waals surface area contributed by atoms with Gasteiger partial charge in [0.05, 0.1) is 45.0 Å². The second kappa shape index (κ2) is 15.4. The Morgan fingerprint density at radius 1 is 0.940 bits per heavy atom. The average molecular weight is 701 g/mol. The van der Waals surface area contributed by atoms with E-state index in [1.807, 2.05) is 50.2 Å². The lowest BCUT2D eigenvalue weighted by Crippen LogP contribution is -2.39. The fourth-order valence-electron chi connectivity index (χ4n) is 6.11. The number of amides is 2. The number of rotatable bonds is 11. The minimum absolute atomic E-state index is 0.0881. The fourth-order valence-corrected chi connectivity index (χ4v) is 7.07. The van der Waals surface area contributed by atoms with Gasteiger partial charge in [-0.1, -0.05) is 61.6 Å². The van der Waals surface area contributed by atoms with Gasteiger partial charge in [-0.3, -0.25) is 14.4 Å². The van der Waals surface area contributed by atoms with Crippen molar-refractivity contribution in [3.8, 4) is 38.8 Å². The SMILES string of the molecule is COC(=O)c1nc(NC(=O)[C@@H](Nc2ccc3c(cc2=O)[C@H](NC(C)=O)CCc2cc(OC)c(OC)c(OC)c2-3)C(C)C)sc1-c1ccccc1. The number of methoxy groups -OCH3 is 4. The summed E-state index contributed by atoms with van der Waals surface area (Å²) in [4.78, 5) is 57.6. The molecule has 2 amide bonds. The van der Waals surface area contributed by atoms with Crippen molar-refractivity contribution >= 4 is 39.9 Å². The molecule has 0 saturated heterocycles. The van der Waals surface area contributed by atoms with E-state index in [0.717, 1.165) is 22.5 Å². The highest BCUT2D eigenvalue weighted by molar-refractivity contribution is 7.19. The summed E-state index contributed by atoms with van der Waals surface area (Å²) in [6.45, 7) is 5.14. The molecule has 0 saturated carbocycles. The molecule has 262 valence electrons. The molecule has 1 aliphatic rings. The van der Waals surface area contributed by atoms with E-state index in [0.29, 0.717) is 51.7 Å². The summed E-state index contributed by atoms with van der Waals surface area (Å²) in [5, 5.41) is 9.20. The molecule has 2 atom stereocenters. The lowest BCUT2D eigenvalue weighted by Gasteiger charge is -2.21. The summed E-state index contributed by atoms with van der Waals surface area (Å²) in [6.07, 6.45) is 1.07. The summed E-state index contributed by atoms with van der Waals surface area (Å²) in [6, 6.07) is 14.7. The first kappa shape index (κ1) is 35.9. The van der Waals surface area contributed by atoms with Gasteiger partial charge in [0.2, 0.25) is 23.0 Å². The van der Waals surface area contributed by atoms with Crippen LogP contribution in [0, 0.1) is 5.92 Å². The van der Waals surface area contributed by atoms with Crippen LogP contribution in [0.5, 0.6) is 17.2 Å². The molecule has 0 radical (unpaired) electrons. The molecular weight excluding hydrogens is 660 g/mol. The normalized spacial score (nSPS) is 14.0. The third kappa shape index (κ3) is 7.27. The molecule has 3 N–H and O–H groups in total. The molecule has 0 unspecified atom stereocenters. The number of fused-ring (bicyclic) bond motifs is 3. The van der Waals surface area contributed by atoms with Gasteiger partial charge in [0.25, 0.3) is 0 Å². The van der Waals surface area contributed by atoms with Crippen molar-refractivity contribution in [2.24, 2.45) is 5.92 Å². The highest BCUT2D eigenvalue weighted by Crippen LogP contribution is 2.50. The van der Waals surface area contributed by atoms with E-state index >= 15 is 0 Å². The largest absolute Gasteiger partial charge is 0.493 e. The summed E-state index contributed by atoms with van der Waals surface area (Å²) in [5.41, 5.74) is 3.51. The molecule has 0 spiro atoms. The Kier molecular flexibility index (Phi) is 11.1. The number of thiazole rings is 1. The number of ether oxygens (including phenoxy) is 4. The van der Waals surface area contributed by atoms with Crippen LogP contribution >= 0.6 is 11.3 Å². The number of benzene rings is 2. The van der Waals surface area contributed by atoms with Crippen LogP contribution in [-0.2, 0) is 20.7 Å². The first-order valence-electron chi connectivity index (χ1n) is 16.0. The van der Waals surface area contributed by atoms with Crippen molar-refractivity contribution in [1.82, 2.24) is 10.3 Å². The molecule has 1 aromatic heterocycles. The van der Waals surface area contributed by atoms with Gasteiger partial charge in [-0.15, -0.1) is 0 Å². The van der Waals surface area contributed by atoms with Crippen LogP contribution in [0.25, 0.3) is 21.6 Å². The Bertz CT molecular complexity index is 1980. The maximum Gasteiger partial charge on any atom is 0.358 e. The van der Waals surface area contributed by atoms with E-state index in [1.54, 1.807) is 19.2 Å². The highest BCUT2D eigenvalue weighted by atomic mass is 32.1. The average Bonchev–Trinajstić information content (AvgIpc) is 3.38. The van der Waals surface area contributed by atoms with Crippen molar-refractivity contribution in [3.63, 3.8) is 0 Å². The van der Waals surface area contributed by atoms with Crippen molar-refractivity contribution in [2.45, 2.75) is 45.7 Å².